The van der Waals surface area contributed by atoms with Gasteiger partial charge in [-0.25, -0.2) is 0 Å². The normalized spacial score (nSPS) is 11.3. The van der Waals surface area contributed by atoms with Crippen LogP contribution in [0.2, 0.25) is 0 Å². The molecule has 2 aromatic carbocycles. The average molecular weight is 336 g/mol. The minimum atomic E-state index is 0.824. The first-order valence-corrected chi connectivity index (χ1v) is 8.58. The quantitative estimate of drug-likeness (QED) is 0.396. The van der Waals surface area contributed by atoms with Gasteiger partial charge in [-0.15, -0.1) is 0 Å². The Kier molecular flexibility index (Phi) is 3.32. The summed E-state index contributed by atoms with van der Waals surface area (Å²) in [4.78, 5) is 9.35. The van der Waals surface area contributed by atoms with E-state index >= 15 is 0 Å². The number of benzene rings is 2. The van der Waals surface area contributed by atoms with Gasteiger partial charge in [0.1, 0.15) is 5.52 Å². The molecular formula is C23H16N2O. The van der Waals surface area contributed by atoms with Crippen LogP contribution in [0.3, 0.4) is 0 Å². The number of furan rings is 1. The topological polar surface area (TPSA) is 38.9 Å². The second-order valence-electron chi connectivity index (χ2n) is 6.47. The number of fused-ring (bicyclic) bond motifs is 3. The Labute approximate surface area is 151 Å². The summed E-state index contributed by atoms with van der Waals surface area (Å²) in [5.41, 5.74) is 7.10. The van der Waals surface area contributed by atoms with Crippen LogP contribution in [0.1, 0.15) is 5.56 Å². The van der Waals surface area contributed by atoms with Crippen molar-refractivity contribution in [2.75, 3.05) is 0 Å². The smallest absolute Gasteiger partial charge is 0.160 e. The molecule has 0 N–H and O–H groups in total. The Morgan fingerprint density at radius 2 is 1.69 bits per heavy atom. The lowest BCUT2D eigenvalue weighted by molar-refractivity contribution is 0.618. The van der Waals surface area contributed by atoms with Crippen molar-refractivity contribution in [2.24, 2.45) is 0 Å². The number of nitrogens with zero attached hydrogens (tertiary/aromatic N) is 2. The standard InChI is InChI=1S/C23H16N2O/c1-15-11-20-19(12-17-9-10-26-23(17)22(20)25-13-15)21-8-7-18(14-24-21)16-5-3-2-4-6-16/h2-14H,1H3. The summed E-state index contributed by atoms with van der Waals surface area (Å²) < 4.78 is 5.66. The van der Waals surface area contributed by atoms with Gasteiger partial charge in [0.25, 0.3) is 0 Å². The maximum absolute atomic E-state index is 5.66. The Balaban J connectivity index is 1.71. The summed E-state index contributed by atoms with van der Waals surface area (Å²) >= 11 is 0. The van der Waals surface area contributed by atoms with Crippen molar-refractivity contribution in [1.29, 1.82) is 0 Å². The van der Waals surface area contributed by atoms with Crippen LogP contribution >= 0.6 is 0 Å². The van der Waals surface area contributed by atoms with E-state index in [1.807, 2.05) is 36.7 Å². The summed E-state index contributed by atoms with van der Waals surface area (Å²) in [7, 11) is 0. The van der Waals surface area contributed by atoms with Gasteiger partial charge in [0.2, 0.25) is 0 Å². The van der Waals surface area contributed by atoms with Crippen molar-refractivity contribution in [3.8, 4) is 22.4 Å². The first-order valence-electron chi connectivity index (χ1n) is 8.58. The predicted molar refractivity (Wildman–Crippen MR) is 105 cm³/mol. The number of rotatable bonds is 2. The van der Waals surface area contributed by atoms with E-state index in [9.17, 15) is 0 Å². The molecular weight excluding hydrogens is 320 g/mol. The summed E-state index contributed by atoms with van der Waals surface area (Å²) in [6.07, 6.45) is 5.51. The van der Waals surface area contributed by atoms with E-state index in [2.05, 4.69) is 48.3 Å². The van der Waals surface area contributed by atoms with E-state index in [4.69, 9.17) is 9.40 Å². The second-order valence-corrected chi connectivity index (χ2v) is 6.47. The van der Waals surface area contributed by atoms with E-state index in [-0.39, 0.29) is 0 Å². The van der Waals surface area contributed by atoms with Gasteiger partial charge in [-0.05, 0) is 42.3 Å². The monoisotopic (exact) mass is 336 g/mol. The summed E-state index contributed by atoms with van der Waals surface area (Å²) in [5, 5.41) is 2.10. The molecule has 0 saturated carbocycles. The van der Waals surface area contributed by atoms with E-state index in [0.717, 1.165) is 44.3 Å². The molecule has 5 aromatic rings. The molecule has 0 aliphatic heterocycles. The highest BCUT2D eigenvalue weighted by Gasteiger charge is 2.13. The lowest BCUT2D eigenvalue weighted by atomic mass is 10.00. The van der Waals surface area contributed by atoms with E-state index in [0.29, 0.717) is 0 Å². The minimum Gasteiger partial charge on any atom is -0.462 e. The fourth-order valence-corrected chi connectivity index (χ4v) is 3.38. The molecule has 26 heavy (non-hydrogen) atoms. The van der Waals surface area contributed by atoms with Gasteiger partial charge in [-0.1, -0.05) is 36.4 Å². The molecule has 3 aromatic heterocycles. The largest absolute Gasteiger partial charge is 0.462 e. The Morgan fingerprint density at radius 3 is 2.50 bits per heavy atom. The first-order chi connectivity index (χ1) is 12.8. The number of pyridine rings is 2. The molecule has 0 amide bonds. The molecule has 3 nitrogen and oxygen atoms in total. The van der Waals surface area contributed by atoms with E-state index in [1.54, 1.807) is 6.26 Å². The second kappa shape index (κ2) is 5.81. The Morgan fingerprint density at radius 1 is 0.808 bits per heavy atom. The third kappa shape index (κ3) is 2.37. The predicted octanol–water partition coefficient (Wildman–Crippen LogP) is 6.02. The van der Waals surface area contributed by atoms with E-state index in [1.165, 1.54) is 5.56 Å². The van der Waals surface area contributed by atoms with Gasteiger partial charge in [0.05, 0.1) is 12.0 Å². The van der Waals surface area contributed by atoms with Crippen LogP contribution < -0.4 is 0 Å². The minimum absolute atomic E-state index is 0.824. The molecule has 0 aliphatic rings. The van der Waals surface area contributed by atoms with Gasteiger partial charge in [-0.2, -0.15) is 0 Å². The molecule has 0 unspecified atom stereocenters. The molecule has 0 saturated heterocycles. The molecule has 0 spiro atoms. The van der Waals surface area contributed by atoms with Crippen molar-refractivity contribution in [2.45, 2.75) is 6.92 Å². The van der Waals surface area contributed by atoms with Crippen LogP contribution in [0, 0.1) is 6.92 Å². The Bertz CT molecular complexity index is 1220. The average Bonchev–Trinajstić information content (AvgIpc) is 3.17. The van der Waals surface area contributed by atoms with Crippen LogP contribution in [0.25, 0.3) is 44.3 Å². The molecule has 0 fully saturated rings. The van der Waals surface area contributed by atoms with Crippen LogP contribution in [0.5, 0.6) is 0 Å². The fraction of sp³-hybridized carbons (Fsp3) is 0.0435. The maximum Gasteiger partial charge on any atom is 0.160 e. The number of hydrogen-bond donors (Lipinski definition) is 0. The van der Waals surface area contributed by atoms with Crippen molar-refractivity contribution >= 4 is 21.9 Å². The van der Waals surface area contributed by atoms with Crippen LogP contribution in [-0.4, -0.2) is 9.97 Å². The van der Waals surface area contributed by atoms with Gasteiger partial charge >= 0.3 is 0 Å². The third-order valence-electron chi connectivity index (χ3n) is 4.67. The lowest BCUT2D eigenvalue weighted by Gasteiger charge is -2.09. The van der Waals surface area contributed by atoms with Gasteiger partial charge < -0.3 is 4.42 Å². The zero-order valence-electron chi connectivity index (χ0n) is 14.3. The lowest BCUT2D eigenvalue weighted by Crippen LogP contribution is -1.90. The molecule has 5 rings (SSSR count). The third-order valence-corrected chi connectivity index (χ3v) is 4.67. The number of aromatic nitrogens is 2. The van der Waals surface area contributed by atoms with Crippen molar-refractivity contribution in [1.82, 2.24) is 9.97 Å². The maximum atomic E-state index is 5.66. The molecule has 0 aliphatic carbocycles. The molecule has 124 valence electrons. The first kappa shape index (κ1) is 14.8. The molecule has 0 radical (unpaired) electrons. The fourth-order valence-electron chi connectivity index (χ4n) is 3.38. The van der Waals surface area contributed by atoms with Crippen LogP contribution in [0.15, 0.2) is 83.7 Å². The molecule has 3 heteroatoms. The summed E-state index contributed by atoms with van der Waals surface area (Å²) in [6, 6.07) is 20.7. The van der Waals surface area contributed by atoms with Crippen LogP contribution in [0.4, 0.5) is 0 Å². The van der Waals surface area contributed by atoms with Gasteiger partial charge in [-0.3, -0.25) is 9.97 Å². The zero-order chi connectivity index (χ0) is 17.5. The number of aryl methyl sites for hydroxylation is 1. The molecule has 0 bridgehead atoms. The highest BCUT2D eigenvalue weighted by Crippen LogP contribution is 2.34. The van der Waals surface area contributed by atoms with Crippen molar-refractivity contribution < 1.29 is 4.42 Å². The molecule has 0 atom stereocenters. The zero-order valence-corrected chi connectivity index (χ0v) is 14.3. The Hall–Kier alpha value is -3.46. The molecule has 3 heterocycles. The van der Waals surface area contributed by atoms with E-state index < -0.39 is 0 Å². The SMILES string of the molecule is Cc1cnc2c(c1)c(-c1ccc(-c3ccccc3)cn1)cc1ccoc12. The highest BCUT2D eigenvalue weighted by molar-refractivity contribution is 6.09. The van der Waals surface area contributed by atoms with Crippen molar-refractivity contribution in [3.05, 3.63) is 84.9 Å². The highest BCUT2D eigenvalue weighted by atomic mass is 16.3. The number of hydrogen-bond acceptors (Lipinski definition) is 3. The van der Waals surface area contributed by atoms with Gasteiger partial charge in [0.15, 0.2) is 5.58 Å². The summed E-state index contributed by atoms with van der Waals surface area (Å²) in [5.74, 6) is 0. The van der Waals surface area contributed by atoms with Gasteiger partial charge in [0, 0.05) is 34.3 Å². The van der Waals surface area contributed by atoms with Crippen molar-refractivity contribution in [3.63, 3.8) is 0 Å². The summed E-state index contributed by atoms with van der Waals surface area (Å²) in [6.45, 7) is 2.05. The van der Waals surface area contributed by atoms with Crippen LogP contribution in [-0.2, 0) is 0 Å².